The molecule has 1 aliphatic rings. The summed E-state index contributed by atoms with van der Waals surface area (Å²) < 4.78 is 0. The molecule has 0 bridgehead atoms. The van der Waals surface area contributed by atoms with Gasteiger partial charge in [0, 0.05) is 12.0 Å². The summed E-state index contributed by atoms with van der Waals surface area (Å²) in [7, 11) is 0. The zero-order valence-corrected chi connectivity index (χ0v) is 11.3. The van der Waals surface area contributed by atoms with Gasteiger partial charge in [0.25, 0.3) is 0 Å². The fraction of sp³-hybridized carbons (Fsp3) is 0.846. The summed E-state index contributed by atoms with van der Waals surface area (Å²) in [4.78, 5) is 23.4. The van der Waals surface area contributed by atoms with E-state index in [0.717, 1.165) is 25.7 Å². The number of carboxylic acids is 1. The topological polar surface area (TPSA) is 92.4 Å². The van der Waals surface area contributed by atoms with Gasteiger partial charge in [0.1, 0.15) is 5.54 Å². The standard InChI is InChI=1S/C13H24N2O3/c1-12(2,14)9-10(16)15-13(11(17)18)7-5-3-4-6-8-13/h3-9,14H2,1-2H3,(H,15,16)(H,17,18). The van der Waals surface area contributed by atoms with Crippen molar-refractivity contribution in [2.24, 2.45) is 5.73 Å². The molecule has 0 radical (unpaired) electrons. The minimum atomic E-state index is -1.08. The van der Waals surface area contributed by atoms with Gasteiger partial charge in [-0.2, -0.15) is 0 Å². The Morgan fingerprint density at radius 2 is 1.72 bits per heavy atom. The van der Waals surface area contributed by atoms with Crippen molar-refractivity contribution in [2.45, 2.75) is 69.9 Å². The molecule has 18 heavy (non-hydrogen) atoms. The third-order valence-electron chi connectivity index (χ3n) is 3.36. The van der Waals surface area contributed by atoms with Crippen molar-refractivity contribution < 1.29 is 14.7 Å². The molecule has 5 nitrogen and oxygen atoms in total. The van der Waals surface area contributed by atoms with E-state index in [1.54, 1.807) is 13.8 Å². The second-order valence-electron chi connectivity index (χ2n) is 6.02. The molecule has 1 saturated carbocycles. The van der Waals surface area contributed by atoms with Gasteiger partial charge in [-0.1, -0.05) is 25.7 Å². The predicted octanol–water partition coefficient (Wildman–Crippen LogP) is 1.41. The van der Waals surface area contributed by atoms with Crippen LogP contribution in [0, 0.1) is 0 Å². The highest BCUT2D eigenvalue weighted by Gasteiger charge is 2.40. The molecule has 104 valence electrons. The van der Waals surface area contributed by atoms with E-state index >= 15 is 0 Å². The van der Waals surface area contributed by atoms with E-state index in [2.05, 4.69) is 5.32 Å². The molecule has 0 aromatic carbocycles. The third-order valence-corrected chi connectivity index (χ3v) is 3.36. The molecular weight excluding hydrogens is 232 g/mol. The highest BCUT2D eigenvalue weighted by Crippen LogP contribution is 2.27. The van der Waals surface area contributed by atoms with Gasteiger partial charge in [-0.3, -0.25) is 4.79 Å². The van der Waals surface area contributed by atoms with E-state index in [4.69, 9.17) is 5.73 Å². The minimum Gasteiger partial charge on any atom is -0.480 e. The Bertz CT molecular complexity index is 313. The van der Waals surface area contributed by atoms with E-state index in [1.165, 1.54) is 0 Å². The SMILES string of the molecule is CC(C)(N)CC(=O)NC1(C(=O)O)CCCCCC1. The third kappa shape index (κ3) is 4.29. The van der Waals surface area contributed by atoms with Crippen LogP contribution in [0.25, 0.3) is 0 Å². The van der Waals surface area contributed by atoms with Crippen LogP contribution in [0.3, 0.4) is 0 Å². The summed E-state index contributed by atoms with van der Waals surface area (Å²) in [6.45, 7) is 3.51. The van der Waals surface area contributed by atoms with E-state index in [1.807, 2.05) is 0 Å². The lowest BCUT2D eigenvalue weighted by atomic mass is 9.89. The maximum atomic E-state index is 11.9. The lowest BCUT2D eigenvalue weighted by molar-refractivity contribution is -0.148. The van der Waals surface area contributed by atoms with Crippen LogP contribution in [-0.4, -0.2) is 28.1 Å². The Hall–Kier alpha value is -1.10. The van der Waals surface area contributed by atoms with Crippen LogP contribution < -0.4 is 11.1 Å². The van der Waals surface area contributed by atoms with Gasteiger partial charge in [0.15, 0.2) is 0 Å². The molecule has 0 heterocycles. The van der Waals surface area contributed by atoms with Crippen molar-refractivity contribution in [2.75, 3.05) is 0 Å². The van der Waals surface area contributed by atoms with Crippen LogP contribution >= 0.6 is 0 Å². The maximum absolute atomic E-state index is 11.9. The van der Waals surface area contributed by atoms with E-state index < -0.39 is 17.0 Å². The number of aliphatic carboxylic acids is 1. The smallest absolute Gasteiger partial charge is 0.329 e. The molecular formula is C13H24N2O3. The molecule has 0 aromatic rings. The number of nitrogens with one attached hydrogen (secondary N) is 1. The molecule has 0 aromatic heterocycles. The van der Waals surface area contributed by atoms with Gasteiger partial charge in [-0.05, 0) is 26.7 Å². The monoisotopic (exact) mass is 256 g/mol. The summed E-state index contributed by atoms with van der Waals surface area (Å²) in [5.74, 6) is -1.20. The number of rotatable bonds is 4. The summed E-state index contributed by atoms with van der Waals surface area (Å²) in [5.41, 5.74) is 4.08. The Morgan fingerprint density at radius 1 is 1.22 bits per heavy atom. The number of nitrogens with two attached hydrogens (primary N) is 1. The van der Waals surface area contributed by atoms with Crippen LogP contribution in [0.4, 0.5) is 0 Å². The number of carbonyl (C=O) groups is 2. The Morgan fingerprint density at radius 3 is 2.11 bits per heavy atom. The molecule has 1 amide bonds. The van der Waals surface area contributed by atoms with Crippen molar-refractivity contribution in [1.29, 1.82) is 0 Å². The molecule has 1 fully saturated rings. The van der Waals surface area contributed by atoms with Gasteiger partial charge in [-0.15, -0.1) is 0 Å². The average Bonchev–Trinajstić information content (AvgIpc) is 2.41. The Labute approximate surface area is 108 Å². The Kier molecular flexibility index (Phi) is 4.73. The van der Waals surface area contributed by atoms with Crippen molar-refractivity contribution in [3.05, 3.63) is 0 Å². The van der Waals surface area contributed by atoms with Crippen LogP contribution in [0.2, 0.25) is 0 Å². The quantitative estimate of drug-likeness (QED) is 0.663. The van der Waals surface area contributed by atoms with Crippen LogP contribution in [-0.2, 0) is 9.59 Å². The first-order valence-corrected chi connectivity index (χ1v) is 6.58. The van der Waals surface area contributed by atoms with Crippen LogP contribution in [0.15, 0.2) is 0 Å². The van der Waals surface area contributed by atoms with Crippen molar-refractivity contribution in [3.63, 3.8) is 0 Å². The minimum absolute atomic E-state index is 0.141. The highest BCUT2D eigenvalue weighted by molar-refractivity contribution is 5.87. The zero-order chi connectivity index (χ0) is 13.8. The first-order chi connectivity index (χ1) is 8.25. The number of carboxylic acid groups (broad SMARTS) is 1. The molecule has 4 N–H and O–H groups in total. The summed E-state index contributed by atoms with van der Waals surface area (Å²) in [5, 5.41) is 12.1. The fourth-order valence-electron chi connectivity index (χ4n) is 2.45. The molecule has 0 unspecified atom stereocenters. The van der Waals surface area contributed by atoms with Crippen LogP contribution in [0.1, 0.15) is 58.8 Å². The van der Waals surface area contributed by atoms with E-state index in [9.17, 15) is 14.7 Å². The van der Waals surface area contributed by atoms with Gasteiger partial charge in [0.05, 0.1) is 0 Å². The number of hydrogen-bond acceptors (Lipinski definition) is 3. The zero-order valence-electron chi connectivity index (χ0n) is 11.3. The first-order valence-electron chi connectivity index (χ1n) is 6.58. The molecule has 0 saturated heterocycles. The maximum Gasteiger partial charge on any atom is 0.329 e. The van der Waals surface area contributed by atoms with Crippen molar-refractivity contribution >= 4 is 11.9 Å². The van der Waals surface area contributed by atoms with Crippen molar-refractivity contribution in [3.8, 4) is 0 Å². The van der Waals surface area contributed by atoms with Crippen LogP contribution in [0.5, 0.6) is 0 Å². The fourth-order valence-corrected chi connectivity index (χ4v) is 2.45. The molecule has 1 rings (SSSR count). The lowest BCUT2D eigenvalue weighted by Gasteiger charge is -2.30. The average molecular weight is 256 g/mol. The number of hydrogen-bond donors (Lipinski definition) is 3. The van der Waals surface area contributed by atoms with Gasteiger partial charge in [-0.25, -0.2) is 4.79 Å². The normalized spacial score (nSPS) is 19.9. The summed E-state index contributed by atoms with van der Waals surface area (Å²) >= 11 is 0. The molecule has 1 aliphatic carbocycles. The van der Waals surface area contributed by atoms with Crippen molar-refractivity contribution in [1.82, 2.24) is 5.32 Å². The molecule has 0 spiro atoms. The largest absolute Gasteiger partial charge is 0.480 e. The van der Waals surface area contributed by atoms with Gasteiger partial charge in [0.2, 0.25) is 5.91 Å². The first kappa shape index (κ1) is 15.0. The Balaban J connectivity index is 2.73. The predicted molar refractivity (Wildman–Crippen MR) is 69.1 cm³/mol. The molecule has 0 aliphatic heterocycles. The van der Waals surface area contributed by atoms with E-state index in [-0.39, 0.29) is 12.3 Å². The van der Waals surface area contributed by atoms with E-state index in [0.29, 0.717) is 12.8 Å². The molecule has 0 atom stereocenters. The van der Waals surface area contributed by atoms with Gasteiger partial charge >= 0.3 is 5.97 Å². The number of carbonyl (C=O) groups excluding carboxylic acids is 1. The summed E-state index contributed by atoms with van der Waals surface area (Å²) in [6, 6.07) is 0. The molecule has 5 heteroatoms. The second-order valence-corrected chi connectivity index (χ2v) is 6.02. The summed E-state index contributed by atoms with van der Waals surface area (Å²) in [6.07, 6.45) is 4.93. The highest BCUT2D eigenvalue weighted by atomic mass is 16.4. The lowest BCUT2D eigenvalue weighted by Crippen LogP contribution is -2.55. The number of amides is 1. The van der Waals surface area contributed by atoms with Gasteiger partial charge < -0.3 is 16.2 Å². The second kappa shape index (κ2) is 5.69.